The molecule has 0 bridgehead atoms. The van der Waals surface area contributed by atoms with Gasteiger partial charge < -0.3 is 19.5 Å². The predicted molar refractivity (Wildman–Crippen MR) is 109 cm³/mol. The third kappa shape index (κ3) is 4.17. The van der Waals surface area contributed by atoms with Gasteiger partial charge in [-0.25, -0.2) is 0 Å². The molecule has 0 radical (unpaired) electrons. The molecule has 0 atom stereocenters. The number of carbonyl (C=O) groups excluding carboxylic acids is 2. The monoisotopic (exact) mass is 415 g/mol. The number of rotatable bonds is 5. The SMILES string of the molecule is O=C(COC(=O)C1(c2ccc(Cl)cc2)CCC1)Nc1ccc2c(c1)OCCCO2. The topological polar surface area (TPSA) is 73.9 Å². The van der Waals surface area contributed by atoms with Crippen molar-refractivity contribution in [3.63, 3.8) is 0 Å². The molecule has 1 fully saturated rings. The summed E-state index contributed by atoms with van der Waals surface area (Å²) < 4.78 is 16.6. The number of esters is 1. The lowest BCUT2D eigenvalue weighted by atomic mass is 9.64. The van der Waals surface area contributed by atoms with Crippen LogP contribution in [0.25, 0.3) is 0 Å². The summed E-state index contributed by atoms with van der Waals surface area (Å²) >= 11 is 5.95. The Morgan fingerprint density at radius 3 is 2.41 bits per heavy atom. The summed E-state index contributed by atoms with van der Waals surface area (Å²) in [6.07, 6.45) is 3.16. The maximum absolute atomic E-state index is 12.7. The second kappa shape index (κ2) is 8.33. The van der Waals surface area contributed by atoms with E-state index in [2.05, 4.69) is 5.32 Å². The summed E-state index contributed by atoms with van der Waals surface area (Å²) in [5.74, 6) is 0.466. The van der Waals surface area contributed by atoms with Crippen molar-refractivity contribution in [2.75, 3.05) is 25.1 Å². The number of hydrogen-bond donors (Lipinski definition) is 1. The fourth-order valence-corrected chi connectivity index (χ4v) is 3.74. The lowest BCUT2D eigenvalue weighted by Crippen LogP contribution is -2.44. The summed E-state index contributed by atoms with van der Waals surface area (Å²) in [6.45, 7) is 0.821. The van der Waals surface area contributed by atoms with Crippen LogP contribution in [0.1, 0.15) is 31.2 Å². The van der Waals surface area contributed by atoms with Crippen molar-refractivity contribution >= 4 is 29.2 Å². The van der Waals surface area contributed by atoms with Crippen molar-refractivity contribution in [1.82, 2.24) is 0 Å². The van der Waals surface area contributed by atoms with E-state index in [9.17, 15) is 9.59 Å². The van der Waals surface area contributed by atoms with E-state index in [0.717, 1.165) is 18.4 Å². The van der Waals surface area contributed by atoms with Gasteiger partial charge in [0.1, 0.15) is 0 Å². The molecule has 29 heavy (non-hydrogen) atoms. The Hall–Kier alpha value is -2.73. The molecule has 0 saturated heterocycles. The second-order valence-corrected chi connectivity index (χ2v) is 7.72. The van der Waals surface area contributed by atoms with Crippen molar-refractivity contribution in [3.8, 4) is 11.5 Å². The average molecular weight is 416 g/mol. The molecule has 2 aromatic carbocycles. The summed E-state index contributed by atoms with van der Waals surface area (Å²) in [5.41, 5.74) is 0.757. The van der Waals surface area contributed by atoms with Crippen molar-refractivity contribution in [1.29, 1.82) is 0 Å². The molecule has 2 aliphatic rings. The molecule has 7 heteroatoms. The highest BCUT2D eigenvalue weighted by atomic mass is 35.5. The van der Waals surface area contributed by atoms with E-state index >= 15 is 0 Å². The van der Waals surface area contributed by atoms with E-state index in [1.165, 1.54) is 0 Å². The first kappa shape index (κ1) is 19.6. The number of carbonyl (C=O) groups is 2. The number of anilines is 1. The normalized spacial score (nSPS) is 16.9. The van der Waals surface area contributed by atoms with Gasteiger partial charge in [-0.05, 0) is 42.7 Å². The number of benzene rings is 2. The number of fused-ring (bicyclic) bond motifs is 1. The maximum Gasteiger partial charge on any atom is 0.317 e. The molecule has 6 nitrogen and oxygen atoms in total. The molecule has 1 aliphatic carbocycles. The summed E-state index contributed by atoms with van der Waals surface area (Å²) in [6, 6.07) is 12.4. The Balaban J connectivity index is 1.36. The van der Waals surface area contributed by atoms with Crippen molar-refractivity contribution in [2.45, 2.75) is 31.1 Å². The zero-order valence-corrected chi connectivity index (χ0v) is 16.7. The number of amides is 1. The van der Waals surface area contributed by atoms with E-state index in [0.29, 0.717) is 48.3 Å². The lowest BCUT2D eigenvalue weighted by molar-refractivity contribution is -0.156. The van der Waals surface area contributed by atoms with Gasteiger partial charge in [0.2, 0.25) is 0 Å². The summed E-state index contributed by atoms with van der Waals surface area (Å²) in [4.78, 5) is 25.0. The van der Waals surface area contributed by atoms with E-state index in [1.807, 2.05) is 12.1 Å². The molecule has 1 heterocycles. The molecule has 1 amide bonds. The zero-order valence-electron chi connectivity index (χ0n) is 15.9. The Kier molecular flexibility index (Phi) is 5.62. The van der Waals surface area contributed by atoms with Gasteiger partial charge in [0, 0.05) is 23.2 Å². The second-order valence-electron chi connectivity index (χ2n) is 7.28. The van der Waals surface area contributed by atoms with Gasteiger partial charge in [-0.3, -0.25) is 9.59 Å². The molecule has 0 aromatic heterocycles. The Labute approximate surface area is 174 Å². The van der Waals surface area contributed by atoms with Crippen LogP contribution in [0.4, 0.5) is 5.69 Å². The molecule has 1 aliphatic heterocycles. The maximum atomic E-state index is 12.7. The van der Waals surface area contributed by atoms with Gasteiger partial charge in [-0.2, -0.15) is 0 Å². The van der Waals surface area contributed by atoms with Crippen LogP contribution < -0.4 is 14.8 Å². The molecular formula is C22H22ClNO5. The third-order valence-corrected chi connectivity index (χ3v) is 5.61. The van der Waals surface area contributed by atoms with E-state index in [4.69, 9.17) is 25.8 Å². The standard InChI is InChI=1S/C22H22ClNO5/c23-16-5-3-15(4-6-16)22(9-1-10-22)21(26)29-14-20(25)24-17-7-8-18-19(13-17)28-12-2-11-27-18/h3-8,13H,1-2,9-12,14H2,(H,24,25). The zero-order chi connectivity index (χ0) is 20.3. The van der Waals surface area contributed by atoms with Crippen LogP contribution in [-0.4, -0.2) is 31.7 Å². The van der Waals surface area contributed by atoms with Crippen LogP contribution in [0.3, 0.4) is 0 Å². The molecule has 1 N–H and O–H groups in total. The van der Waals surface area contributed by atoms with Crippen molar-refractivity contribution in [3.05, 3.63) is 53.1 Å². The van der Waals surface area contributed by atoms with Gasteiger partial charge in [-0.15, -0.1) is 0 Å². The van der Waals surface area contributed by atoms with Crippen molar-refractivity contribution < 1.29 is 23.8 Å². The smallest absolute Gasteiger partial charge is 0.317 e. The minimum atomic E-state index is -0.680. The number of nitrogens with one attached hydrogen (secondary N) is 1. The first-order valence-electron chi connectivity index (χ1n) is 9.70. The van der Waals surface area contributed by atoms with Crippen LogP contribution in [-0.2, 0) is 19.7 Å². The van der Waals surface area contributed by atoms with Gasteiger partial charge >= 0.3 is 5.97 Å². The van der Waals surface area contributed by atoms with E-state index < -0.39 is 11.3 Å². The molecule has 0 spiro atoms. The van der Waals surface area contributed by atoms with Crippen LogP contribution in [0.2, 0.25) is 5.02 Å². The minimum Gasteiger partial charge on any atom is -0.490 e. The fraction of sp³-hybridized carbons (Fsp3) is 0.364. The van der Waals surface area contributed by atoms with Crippen LogP contribution in [0.5, 0.6) is 11.5 Å². The van der Waals surface area contributed by atoms with Crippen LogP contribution >= 0.6 is 11.6 Å². The molecule has 4 rings (SSSR count). The number of halogens is 1. The molecule has 1 saturated carbocycles. The summed E-state index contributed by atoms with van der Waals surface area (Å²) in [5, 5.41) is 3.35. The molecule has 0 unspecified atom stereocenters. The van der Waals surface area contributed by atoms with Gasteiger partial charge in [0.05, 0.1) is 18.6 Å². The number of hydrogen-bond acceptors (Lipinski definition) is 5. The van der Waals surface area contributed by atoms with Gasteiger partial charge in [-0.1, -0.05) is 30.2 Å². The summed E-state index contributed by atoms with van der Waals surface area (Å²) in [7, 11) is 0. The van der Waals surface area contributed by atoms with E-state index in [-0.39, 0.29) is 12.6 Å². The van der Waals surface area contributed by atoms with Gasteiger partial charge in [0.25, 0.3) is 5.91 Å². The predicted octanol–water partition coefficient (Wildman–Crippen LogP) is 4.10. The third-order valence-electron chi connectivity index (χ3n) is 5.36. The van der Waals surface area contributed by atoms with Gasteiger partial charge in [0.15, 0.2) is 18.1 Å². The fourth-order valence-electron chi connectivity index (χ4n) is 3.62. The lowest BCUT2D eigenvalue weighted by Gasteiger charge is -2.39. The Morgan fingerprint density at radius 1 is 1.00 bits per heavy atom. The highest BCUT2D eigenvalue weighted by molar-refractivity contribution is 6.30. The largest absolute Gasteiger partial charge is 0.490 e. The molecule has 2 aromatic rings. The van der Waals surface area contributed by atoms with Crippen LogP contribution in [0.15, 0.2) is 42.5 Å². The molecule has 152 valence electrons. The highest BCUT2D eigenvalue weighted by Gasteiger charge is 2.47. The highest BCUT2D eigenvalue weighted by Crippen LogP contribution is 2.45. The first-order valence-corrected chi connectivity index (χ1v) is 10.1. The Bertz CT molecular complexity index is 908. The van der Waals surface area contributed by atoms with Crippen molar-refractivity contribution in [2.24, 2.45) is 0 Å². The quantitative estimate of drug-likeness (QED) is 0.744. The minimum absolute atomic E-state index is 0.345. The first-order chi connectivity index (χ1) is 14.1. The van der Waals surface area contributed by atoms with E-state index in [1.54, 1.807) is 30.3 Å². The Morgan fingerprint density at radius 2 is 1.72 bits per heavy atom. The molecular weight excluding hydrogens is 394 g/mol. The van der Waals surface area contributed by atoms with Crippen LogP contribution in [0, 0.1) is 0 Å². The number of ether oxygens (including phenoxy) is 3. The average Bonchev–Trinajstić information content (AvgIpc) is 2.92.